The average Bonchev–Trinajstić information content (AvgIpc) is 3.36. The number of hydrogen-bond donors (Lipinski definition) is 0. The number of rotatable bonds is 2. The van der Waals surface area contributed by atoms with E-state index in [1.165, 1.54) is 0 Å². The first-order chi connectivity index (χ1) is 13.7. The zero-order chi connectivity index (χ0) is 18.8. The Bertz CT molecular complexity index is 1300. The summed E-state index contributed by atoms with van der Waals surface area (Å²) < 4.78 is 30.6. The molecule has 0 fully saturated rings. The fourth-order valence-electron chi connectivity index (χ4n) is 4.23. The van der Waals surface area contributed by atoms with Gasteiger partial charge < -0.3 is 23.7 Å². The van der Waals surface area contributed by atoms with Gasteiger partial charge in [0.05, 0.1) is 22.8 Å². The van der Waals surface area contributed by atoms with E-state index in [0.29, 0.717) is 18.1 Å². The third-order valence-electron chi connectivity index (χ3n) is 5.40. The SMILES string of the molecule is CCOc1cc2c(c[n+](C)c3c4cc5c(cc4ccc23)OCO5)c2c1OCO2. The summed E-state index contributed by atoms with van der Waals surface area (Å²) in [5.41, 5.74) is 1.12. The number of hydrogen-bond acceptors (Lipinski definition) is 5. The van der Waals surface area contributed by atoms with Gasteiger partial charge in [-0.05, 0) is 36.6 Å². The monoisotopic (exact) mass is 376 g/mol. The number of ether oxygens (including phenoxy) is 5. The third kappa shape index (κ3) is 2.00. The molecule has 0 spiro atoms. The van der Waals surface area contributed by atoms with Crippen molar-refractivity contribution in [1.82, 2.24) is 0 Å². The van der Waals surface area contributed by atoms with Gasteiger partial charge in [0.2, 0.25) is 24.9 Å². The lowest BCUT2D eigenvalue weighted by atomic mass is 9.99. The molecule has 0 amide bonds. The van der Waals surface area contributed by atoms with Crippen LogP contribution in [0.3, 0.4) is 0 Å². The topological polar surface area (TPSA) is 50.0 Å². The van der Waals surface area contributed by atoms with E-state index in [1.54, 1.807) is 0 Å². The van der Waals surface area contributed by atoms with Crippen molar-refractivity contribution in [2.24, 2.45) is 7.05 Å². The Morgan fingerprint density at radius 1 is 0.857 bits per heavy atom. The summed E-state index contributed by atoms with van der Waals surface area (Å²) in [4.78, 5) is 0. The van der Waals surface area contributed by atoms with Gasteiger partial charge in [-0.1, -0.05) is 6.07 Å². The molecule has 6 heteroatoms. The van der Waals surface area contributed by atoms with E-state index in [2.05, 4.69) is 29.0 Å². The molecule has 0 atom stereocenters. The fraction of sp³-hybridized carbons (Fsp3) is 0.227. The number of benzene rings is 3. The summed E-state index contributed by atoms with van der Waals surface area (Å²) in [6.45, 7) is 3.00. The zero-order valence-corrected chi connectivity index (χ0v) is 15.6. The highest BCUT2D eigenvalue weighted by atomic mass is 16.7. The van der Waals surface area contributed by atoms with Crippen LogP contribution in [0.15, 0.2) is 36.5 Å². The van der Waals surface area contributed by atoms with Crippen LogP contribution in [0.4, 0.5) is 0 Å². The number of aryl methyl sites for hydroxylation is 1. The van der Waals surface area contributed by atoms with Gasteiger partial charge >= 0.3 is 0 Å². The van der Waals surface area contributed by atoms with Crippen LogP contribution in [0.2, 0.25) is 0 Å². The number of aromatic nitrogens is 1. The van der Waals surface area contributed by atoms with Gasteiger partial charge in [0.15, 0.2) is 29.2 Å². The molecule has 0 N–H and O–H groups in total. The second kappa shape index (κ2) is 5.55. The van der Waals surface area contributed by atoms with Gasteiger partial charge in [0.25, 0.3) is 0 Å². The quantitative estimate of drug-likeness (QED) is 0.393. The molecule has 0 radical (unpaired) electrons. The maximum absolute atomic E-state index is 5.84. The number of pyridine rings is 1. The summed E-state index contributed by atoms with van der Waals surface area (Å²) in [5.74, 6) is 3.70. The molecule has 0 saturated heterocycles. The van der Waals surface area contributed by atoms with Gasteiger partial charge in [-0.25, -0.2) is 0 Å². The Morgan fingerprint density at radius 2 is 1.64 bits per heavy atom. The van der Waals surface area contributed by atoms with Crippen molar-refractivity contribution < 1.29 is 28.3 Å². The van der Waals surface area contributed by atoms with Gasteiger partial charge in [-0.2, -0.15) is 4.57 Å². The smallest absolute Gasteiger partial charge is 0.231 e. The minimum atomic E-state index is 0.206. The minimum absolute atomic E-state index is 0.206. The van der Waals surface area contributed by atoms with Crippen LogP contribution in [-0.2, 0) is 7.05 Å². The van der Waals surface area contributed by atoms with Crippen molar-refractivity contribution in [3.05, 3.63) is 36.5 Å². The van der Waals surface area contributed by atoms with Crippen molar-refractivity contribution in [1.29, 1.82) is 0 Å². The molecule has 0 saturated carbocycles. The van der Waals surface area contributed by atoms with E-state index >= 15 is 0 Å². The number of nitrogens with zero attached hydrogens (tertiary/aromatic N) is 1. The summed E-state index contributed by atoms with van der Waals surface area (Å²) in [7, 11) is 2.05. The van der Waals surface area contributed by atoms with Crippen molar-refractivity contribution in [2.45, 2.75) is 6.92 Å². The molecular weight excluding hydrogens is 358 g/mol. The first kappa shape index (κ1) is 15.6. The standard InChI is InChI=1S/C22H18NO5/c1-3-24-19-8-15-13-5-4-12-6-17-18(26-10-25-17)7-14(12)20(13)23(2)9-16(15)21-22(19)28-11-27-21/h4-9H,3,10-11H2,1-2H3/q+1. The summed E-state index contributed by atoms with van der Waals surface area (Å²) >= 11 is 0. The predicted molar refractivity (Wildman–Crippen MR) is 104 cm³/mol. The second-order valence-corrected chi connectivity index (χ2v) is 6.96. The van der Waals surface area contributed by atoms with Crippen LogP contribution in [0.25, 0.3) is 32.4 Å². The first-order valence-corrected chi connectivity index (χ1v) is 9.28. The second-order valence-electron chi connectivity index (χ2n) is 6.96. The normalized spacial score (nSPS) is 14.4. The average molecular weight is 376 g/mol. The molecule has 0 unspecified atom stereocenters. The third-order valence-corrected chi connectivity index (χ3v) is 5.40. The van der Waals surface area contributed by atoms with Crippen molar-refractivity contribution >= 4 is 32.4 Å². The van der Waals surface area contributed by atoms with Crippen LogP contribution >= 0.6 is 0 Å². The van der Waals surface area contributed by atoms with E-state index in [4.69, 9.17) is 23.7 Å². The van der Waals surface area contributed by atoms with Crippen LogP contribution in [-0.4, -0.2) is 20.2 Å². The van der Waals surface area contributed by atoms with E-state index in [9.17, 15) is 0 Å². The molecule has 1 aromatic heterocycles. The Kier molecular flexibility index (Phi) is 3.10. The highest BCUT2D eigenvalue weighted by Crippen LogP contribution is 2.48. The Morgan fingerprint density at radius 3 is 2.50 bits per heavy atom. The molecule has 2 aliphatic rings. The largest absolute Gasteiger partial charge is 0.490 e. The highest BCUT2D eigenvalue weighted by Gasteiger charge is 2.27. The van der Waals surface area contributed by atoms with Gasteiger partial charge in [0.1, 0.15) is 7.05 Å². The molecule has 28 heavy (non-hydrogen) atoms. The molecule has 2 aliphatic heterocycles. The summed E-state index contributed by atoms with van der Waals surface area (Å²) in [5, 5.41) is 5.41. The summed E-state index contributed by atoms with van der Waals surface area (Å²) in [6, 6.07) is 10.4. The molecule has 140 valence electrons. The molecule has 0 aliphatic carbocycles. The first-order valence-electron chi connectivity index (χ1n) is 9.28. The Balaban J connectivity index is 1.76. The maximum Gasteiger partial charge on any atom is 0.231 e. The lowest BCUT2D eigenvalue weighted by molar-refractivity contribution is -0.642. The van der Waals surface area contributed by atoms with Crippen LogP contribution < -0.4 is 28.3 Å². The van der Waals surface area contributed by atoms with Gasteiger partial charge in [0, 0.05) is 5.39 Å². The molecule has 4 aromatic rings. The minimum Gasteiger partial charge on any atom is -0.490 e. The molecular formula is C22H18NO5+. The van der Waals surface area contributed by atoms with Crippen molar-refractivity contribution in [3.63, 3.8) is 0 Å². The fourth-order valence-corrected chi connectivity index (χ4v) is 4.23. The van der Waals surface area contributed by atoms with E-state index < -0.39 is 0 Å². The number of fused-ring (bicyclic) bond motifs is 8. The lowest BCUT2D eigenvalue weighted by Crippen LogP contribution is -2.28. The maximum atomic E-state index is 5.84. The van der Waals surface area contributed by atoms with Crippen LogP contribution in [0.5, 0.6) is 28.7 Å². The van der Waals surface area contributed by atoms with E-state index in [1.807, 2.05) is 26.1 Å². The Hall–Kier alpha value is -3.41. The van der Waals surface area contributed by atoms with E-state index in [0.717, 1.165) is 49.7 Å². The van der Waals surface area contributed by atoms with Crippen LogP contribution in [0, 0.1) is 0 Å². The Labute approximate surface area is 160 Å². The lowest BCUT2D eigenvalue weighted by Gasteiger charge is -2.11. The van der Waals surface area contributed by atoms with Gasteiger partial charge in [-0.15, -0.1) is 0 Å². The molecule has 0 bridgehead atoms. The highest BCUT2D eigenvalue weighted by molar-refractivity contribution is 6.15. The van der Waals surface area contributed by atoms with Crippen molar-refractivity contribution in [2.75, 3.05) is 20.2 Å². The predicted octanol–water partition coefficient (Wildman–Crippen LogP) is 3.83. The van der Waals surface area contributed by atoms with Gasteiger partial charge in [-0.3, -0.25) is 0 Å². The molecule has 3 heterocycles. The zero-order valence-electron chi connectivity index (χ0n) is 15.6. The molecule has 6 nitrogen and oxygen atoms in total. The summed E-state index contributed by atoms with van der Waals surface area (Å²) in [6.07, 6.45) is 2.09. The molecule has 3 aromatic carbocycles. The molecule has 6 rings (SSSR count). The van der Waals surface area contributed by atoms with Crippen LogP contribution in [0.1, 0.15) is 6.92 Å². The van der Waals surface area contributed by atoms with E-state index in [-0.39, 0.29) is 13.6 Å². The van der Waals surface area contributed by atoms with Crippen molar-refractivity contribution in [3.8, 4) is 28.7 Å².